The Morgan fingerprint density at radius 1 is 1.28 bits per heavy atom. The third kappa shape index (κ3) is 4.31. The van der Waals surface area contributed by atoms with Crippen molar-refractivity contribution >= 4 is 23.5 Å². The van der Waals surface area contributed by atoms with Gasteiger partial charge >= 0.3 is 17.1 Å². The highest BCUT2D eigenvalue weighted by molar-refractivity contribution is 5.96. The second kappa shape index (κ2) is 9.38. The van der Waals surface area contributed by atoms with Crippen LogP contribution < -0.4 is 15.4 Å². The Balaban J connectivity index is 1.55. The fourth-order valence-corrected chi connectivity index (χ4v) is 5.64. The standard InChI is InChI=1S/C26H35N5O5/c1-16(2)15-29-23-19(7-8-20(32)30-12-4-9-26(30)10-13-36-14-11-26)17(3)28-31(23)25(35)21(24(29)34)22(33)27-18-5-6-18/h7-8,16,18H,4-6,9-15H2,1-3H3,(H2,27,33,34,35)/p+1/b8-7+. The summed E-state index contributed by atoms with van der Waals surface area (Å²) in [4.78, 5) is 41.5. The number of fused-ring (bicyclic) bond motifs is 1. The molecule has 4 heterocycles. The van der Waals surface area contributed by atoms with Crippen LogP contribution >= 0.6 is 0 Å². The van der Waals surface area contributed by atoms with E-state index in [1.54, 1.807) is 16.7 Å². The van der Waals surface area contributed by atoms with E-state index in [4.69, 9.17) is 4.74 Å². The molecule has 3 fully saturated rings. The van der Waals surface area contributed by atoms with Gasteiger partial charge in [-0.25, -0.2) is 9.89 Å². The molecule has 2 amide bonds. The lowest BCUT2D eigenvalue weighted by atomic mass is 9.87. The van der Waals surface area contributed by atoms with E-state index in [2.05, 4.69) is 10.4 Å². The summed E-state index contributed by atoms with van der Waals surface area (Å²) >= 11 is 0. The van der Waals surface area contributed by atoms with Gasteiger partial charge in [-0.15, -0.1) is 0 Å². The molecule has 0 atom stereocenters. The molecule has 3 aliphatic rings. The minimum absolute atomic E-state index is 0.0510. The lowest BCUT2D eigenvalue weighted by Crippen LogP contribution is -2.50. The lowest BCUT2D eigenvalue weighted by Gasteiger charge is -2.41. The summed E-state index contributed by atoms with van der Waals surface area (Å²) in [5, 5.41) is 17.0. The molecule has 0 unspecified atom stereocenters. The molecule has 10 heteroatoms. The van der Waals surface area contributed by atoms with Crippen molar-refractivity contribution in [2.75, 3.05) is 19.8 Å². The summed E-state index contributed by atoms with van der Waals surface area (Å²) in [6, 6.07) is 0.0510. The number of carbonyl (C=O) groups excluding carboxylic acids is 2. The molecule has 10 nitrogen and oxygen atoms in total. The molecule has 3 N–H and O–H groups in total. The highest BCUT2D eigenvalue weighted by Gasteiger charge is 2.44. The third-order valence-corrected chi connectivity index (χ3v) is 7.65. The molecule has 1 aliphatic carbocycles. The van der Waals surface area contributed by atoms with Gasteiger partial charge < -0.3 is 20.1 Å². The van der Waals surface area contributed by atoms with E-state index in [9.17, 15) is 19.5 Å². The summed E-state index contributed by atoms with van der Waals surface area (Å²) in [5.41, 5.74) is 0.700. The minimum atomic E-state index is -0.615. The van der Waals surface area contributed by atoms with E-state index in [0.717, 1.165) is 45.1 Å². The zero-order valence-electron chi connectivity index (χ0n) is 21.3. The molecule has 0 radical (unpaired) electrons. The maximum atomic E-state index is 13.3. The number of carbonyl (C=O) groups is 2. The van der Waals surface area contributed by atoms with Crippen LogP contribution in [0.3, 0.4) is 0 Å². The van der Waals surface area contributed by atoms with Crippen LogP contribution in [0.2, 0.25) is 0 Å². The molecular weight excluding hydrogens is 462 g/mol. The fraction of sp³-hybridized carbons (Fsp3) is 0.615. The Hall–Kier alpha value is -3.14. The summed E-state index contributed by atoms with van der Waals surface area (Å²) in [6.45, 7) is 8.26. The van der Waals surface area contributed by atoms with Crippen molar-refractivity contribution in [3.63, 3.8) is 0 Å². The van der Waals surface area contributed by atoms with Gasteiger partial charge in [0.1, 0.15) is 0 Å². The van der Waals surface area contributed by atoms with Crippen molar-refractivity contribution in [1.82, 2.24) is 19.8 Å². The van der Waals surface area contributed by atoms with Crippen molar-refractivity contribution in [3.05, 3.63) is 33.3 Å². The van der Waals surface area contributed by atoms with Gasteiger partial charge in [-0.3, -0.25) is 9.59 Å². The molecule has 2 aromatic heterocycles. The summed E-state index contributed by atoms with van der Waals surface area (Å²) in [6.07, 6.45) is 8.70. The molecule has 36 heavy (non-hydrogen) atoms. The molecule has 2 aliphatic heterocycles. The first-order valence-electron chi connectivity index (χ1n) is 13.0. The number of aromatic nitrogens is 3. The number of aromatic hydroxyl groups is 1. The number of aromatic amines is 1. The largest absolute Gasteiger partial charge is 0.477 e. The summed E-state index contributed by atoms with van der Waals surface area (Å²) < 4.78 is 8.44. The first-order chi connectivity index (χ1) is 17.2. The van der Waals surface area contributed by atoms with Crippen LogP contribution in [0.1, 0.15) is 74.0 Å². The normalized spacial score (nSPS) is 19.7. The van der Waals surface area contributed by atoms with Gasteiger partial charge in [-0.05, 0) is 57.4 Å². The average Bonchev–Trinajstić information content (AvgIpc) is 3.46. The molecule has 2 aromatic rings. The number of hydrogen-bond donors (Lipinski definition) is 3. The van der Waals surface area contributed by atoms with E-state index >= 15 is 0 Å². The topological polar surface area (TPSA) is 120 Å². The van der Waals surface area contributed by atoms with Crippen molar-refractivity contribution in [3.8, 4) is 5.88 Å². The SMILES string of the molecule is Cc1[nH]n2c(=O)c(C(=O)NC3CC3)c(O)[n+](CC(C)C)c2c1/C=C/C(=O)N1CCCC12CCOCC2. The number of likely N-dealkylation sites (tertiary alicyclic amines) is 1. The second-order valence-electron chi connectivity index (χ2n) is 10.8. The highest BCUT2D eigenvalue weighted by Crippen LogP contribution is 2.38. The number of H-pyrrole nitrogens is 1. The van der Waals surface area contributed by atoms with Crippen molar-refractivity contribution in [1.29, 1.82) is 0 Å². The Kier molecular flexibility index (Phi) is 6.40. The van der Waals surface area contributed by atoms with Crippen LogP contribution in [0, 0.1) is 12.8 Å². The Morgan fingerprint density at radius 3 is 2.67 bits per heavy atom. The summed E-state index contributed by atoms with van der Waals surface area (Å²) in [5.74, 6) is -0.849. The fourth-order valence-electron chi connectivity index (χ4n) is 5.64. The number of nitrogens with one attached hydrogen (secondary N) is 2. The first kappa shape index (κ1) is 24.5. The first-order valence-corrected chi connectivity index (χ1v) is 13.0. The number of ether oxygens (including phenoxy) is 1. The van der Waals surface area contributed by atoms with Crippen LogP contribution in [0.25, 0.3) is 11.7 Å². The monoisotopic (exact) mass is 498 g/mol. The van der Waals surface area contributed by atoms with E-state index in [1.165, 1.54) is 4.52 Å². The molecule has 0 aromatic carbocycles. The molecule has 5 rings (SSSR count). The van der Waals surface area contributed by atoms with Crippen molar-refractivity contribution in [2.24, 2.45) is 5.92 Å². The Labute approximate surface area is 209 Å². The van der Waals surface area contributed by atoms with Gasteiger partial charge in [0.2, 0.25) is 11.5 Å². The van der Waals surface area contributed by atoms with Crippen LogP contribution in [0.4, 0.5) is 0 Å². The second-order valence-corrected chi connectivity index (χ2v) is 10.8. The van der Waals surface area contributed by atoms with Crippen LogP contribution in [-0.2, 0) is 16.1 Å². The predicted molar refractivity (Wildman–Crippen MR) is 133 cm³/mol. The molecular formula is C26H36N5O5+. The third-order valence-electron chi connectivity index (χ3n) is 7.65. The Bertz CT molecular complexity index is 1280. The van der Waals surface area contributed by atoms with Gasteiger partial charge in [0.05, 0.1) is 17.8 Å². The van der Waals surface area contributed by atoms with Crippen LogP contribution in [0.15, 0.2) is 10.9 Å². The zero-order valence-corrected chi connectivity index (χ0v) is 21.3. The van der Waals surface area contributed by atoms with E-state index in [0.29, 0.717) is 36.7 Å². The van der Waals surface area contributed by atoms with Crippen LogP contribution in [-0.4, -0.2) is 62.8 Å². The number of hydrogen-bond acceptors (Lipinski definition) is 5. The van der Waals surface area contributed by atoms with Gasteiger partial charge in [-0.2, -0.15) is 4.57 Å². The van der Waals surface area contributed by atoms with Crippen molar-refractivity contribution < 1.29 is 24.0 Å². The summed E-state index contributed by atoms with van der Waals surface area (Å²) in [7, 11) is 0. The van der Waals surface area contributed by atoms with Gasteiger partial charge in [0.15, 0.2) is 0 Å². The molecule has 194 valence electrons. The molecule has 0 bridgehead atoms. The lowest BCUT2D eigenvalue weighted by molar-refractivity contribution is -0.686. The van der Waals surface area contributed by atoms with Gasteiger partial charge in [0, 0.05) is 37.4 Å². The van der Waals surface area contributed by atoms with Crippen LogP contribution in [0.5, 0.6) is 5.88 Å². The highest BCUT2D eigenvalue weighted by atomic mass is 16.5. The van der Waals surface area contributed by atoms with Gasteiger partial charge in [-0.1, -0.05) is 18.4 Å². The average molecular weight is 499 g/mol. The Morgan fingerprint density at radius 2 is 2.00 bits per heavy atom. The quantitative estimate of drug-likeness (QED) is 0.413. The zero-order chi connectivity index (χ0) is 25.6. The number of rotatable bonds is 6. The maximum absolute atomic E-state index is 13.3. The molecule has 2 saturated heterocycles. The minimum Gasteiger partial charge on any atom is -0.477 e. The molecule has 1 saturated carbocycles. The molecule has 1 spiro atoms. The predicted octanol–water partition coefficient (Wildman–Crippen LogP) is 1.66. The van der Waals surface area contributed by atoms with E-state index in [-0.39, 0.29) is 34.8 Å². The maximum Gasteiger partial charge on any atom is 0.378 e. The number of aryl methyl sites for hydroxylation is 1. The van der Waals surface area contributed by atoms with Gasteiger partial charge in [0.25, 0.3) is 5.91 Å². The number of nitrogens with zero attached hydrogens (tertiary/aromatic N) is 3. The van der Waals surface area contributed by atoms with E-state index < -0.39 is 11.5 Å². The smallest absolute Gasteiger partial charge is 0.378 e. The van der Waals surface area contributed by atoms with E-state index in [1.807, 2.05) is 25.7 Å². The number of amides is 2. The van der Waals surface area contributed by atoms with Crippen molar-refractivity contribution in [2.45, 2.75) is 77.4 Å².